The van der Waals surface area contributed by atoms with E-state index in [2.05, 4.69) is 14.9 Å². The Balaban J connectivity index is 1.72. The number of carbonyl (C=O) groups excluding carboxylic acids is 2. The Bertz CT molecular complexity index is 1050. The van der Waals surface area contributed by atoms with Crippen LogP contribution in [-0.4, -0.2) is 65.0 Å². The number of hydrogen-bond acceptors (Lipinski definition) is 6. The molecule has 1 fully saturated rings. The van der Waals surface area contributed by atoms with E-state index in [1.165, 1.54) is 14.0 Å². The predicted octanol–water partition coefficient (Wildman–Crippen LogP) is 1.73. The summed E-state index contributed by atoms with van der Waals surface area (Å²) in [6, 6.07) is 16.2. The van der Waals surface area contributed by atoms with Crippen LogP contribution in [0.15, 0.2) is 54.6 Å². The molecule has 0 aromatic heterocycles. The van der Waals surface area contributed by atoms with Crippen LogP contribution in [0, 0.1) is 0 Å². The van der Waals surface area contributed by atoms with Gasteiger partial charge >= 0.3 is 10.2 Å². The maximum Gasteiger partial charge on any atom is 0.401 e. The van der Waals surface area contributed by atoms with Crippen LogP contribution in [0.1, 0.15) is 13.3 Å². The minimum Gasteiger partial charge on any atom is -0.491 e. The smallest absolute Gasteiger partial charge is 0.401 e. The van der Waals surface area contributed by atoms with Crippen molar-refractivity contribution in [1.82, 2.24) is 13.5 Å². The van der Waals surface area contributed by atoms with Gasteiger partial charge < -0.3 is 10.1 Å². The van der Waals surface area contributed by atoms with Crippen LogP contribution in [0.5, 0.6) is 5.75 Å². The van der Waals surface area contributed by atoms with Gasteiger partial charge in [0.25, 0.3) is 0 Å². The summed E-state index contributed by atoms with van der Waals surface area (Å²) in [6.07, 6.45) is 0.294. The molecular weight excluding hydrogens is 432 g/mol. The summed E-state index contributed by atoms with van der Waals surface area (Å²) in [5.74, 6) is -0.298. The van der Waals surface area contributed by atoms with Gasteiger partial charge in [0.2, 0.25) is 11.8 Å². The van der Waals surface area contributed by atoms with Crippen LogP contribution in [0.3, 0.4) is 0 Å². The Labute approximate surface area is 188 Å². The Morgan fingerprint density at radius 1 is 1.03 bits per heavy atom. The minimum absolute atomic E-state index is 0.0990. The molecule has 1 aliphatic rings. The summed E-state index contributed by atoms with van der Waals surface area (Å²) in [6.45, 7) is 2.99. The predicted molar refractivity (Wildman–Crippen MR) is 123 cm³/mol. The minimum atomic E-state index is -4.07. The zero-order valence-corrected chi connectivity index (χ0v) is 19.1. The highest BCUT2D eigenvalue weighted by Crippen LogP contribution is 2.37. The number of rotatable bonds is 8. The molecule has 0 saturated carbocycles. The summed E-state index contributed by atoms with van der Waals surface area (Å²) in [5, 5.41) is 2.86. The van der Waals surface area contributed by atoms with Crippen molar-refractivity contribution >= 4 is 33.4 Å². The van der Waals surface area contributed by atoms with Crippen molar-refractivity contribution in [2.75, 3.05) is 45.2 Å². The summed E-state index contributed by atoms with van der Waals surface area (Å²) in [4.78, 5) is 26.0. The first kappa shape index (κ1) is 23.7. The molecule has 2 amide bonds. The van der Waals surface area contributed by atoms with E-state index in [4.69, 9.17) is 4.74 Å². The van der Waals surface area contributed by atoms with Gasteiger partial charge in [0.15, 0.2) is 11.4 Å². The van der Waals surface area contributed by atoms with Crippen molar-refractivity contribution in [2.45, 2.75) is 13.3 Å². The lowest BCUT2D eigenvalue weighted by atomic mass is 10.2. The lowest BCUT2D eigenvalue weighted by Gasteiger charge is -2.42. The number of para-hydroxylation sites is 3. The number of benzene rings is 2. The van der Waals surface area contributed by atoms with E-state index in [1.807, 2.05) is 30.3 Å². The molecule has 172 valence electrons. The second-order valence-electron chi connectivity index (χ2n) is 7.65. The maximum absolute atomic E-state index is 13.3. The van der Waals surface area contributed by atoms with E-state index in [9.17, 15) is 18.0 Å². The fourth-order valence-corrected chi connectivity index (χ4v) is 5.50. The average molecular weight is 462 g/mol. The number of anilines is 1. The molecule has 1 heterocycles. The van der Waals surface area contributed by atoms with Gasteiger partial charge in [0.1, 0.15) is 13.1 Å². The summed E-state index contributed by atoms with van der Waals surface area (Å²) in [5.41, 5.74) is 1.22. The van der Waals surface area contributed by atoms with Crippen molar-refractivity contribution in [2.24, 2.45) is 0 Å². The zero-order valence-electron chi connectivity index (χ0n) is 18.3. The van der Waals surface area contributed by atoms with E-state index in [0.29, 0.717) is 37.5 Å². The van der Waals surface area contributed by atoms with Crippen LogP contribution in [0.25, 0.3) is 0 Å². The normalized spacial score (nSPS) is 16.2. The standard InChI is InChI=1S/C22H28N4O5S/c1-18(27)24-32(29,30)26(20-10-6-7-11-21(20)31-2)16-14-25(15-17-26)13-12-22(28)23-19-8-4-3-5-9-19/h3-11H,12-17H2,1-2H3,(H-,23,24,27,28)/p+1. The molecule has 32 heavy (non-hydrogen) atoms. The summed E-state index contributed by atoms with van der Waals surface area (Å²) < 4.78 is 33.7. The number of piperazine rings is 1. The van der Waals surface area contributed by atoms with Gasteiger partial charge in [-0.15, -0.1) is 0 Å². The van der Waals surface area contributed by atoms with E-state index in [1.54, 1.807) is 24.3 Å². The Hall–Kier alpha value is -2.95. The van der Waals surface area contributed by atoms with E-state index < -0.39 is 20.0 Å². The van der Waals surface area contributed by atoms with Crippen molar-refractivity contribution in [3.8, 4) is 5.75 Å². The topological polar surface area (TPSA) is 105 Å². The van der Waals surface area contributed by atoms with Gasteiger partial charge in [-0.1, -0.05) is 30.3 Å². The molecule has 0 unspecified atom stereocenters. The zero-order chi connectivity index (χ0) is 23.2. The first-order valence-electron chi connectivity index (χ1n) is 10.4. The molecule has 2 N–H and O–H groups in total. The number of ether oxygens (including phenoxy) is 1. The Morgan fingerprint density at radius 3 is 2.28 bits per heavy atom. The molecule has 10 heteroatoms. The highest BCUT2D eigenvalue weighted by Gasteiger charge is 2.49. The number of methoxy groups -OCH3 is 1. The fraction of sp³-hybridized carbons (Fsp3) is 0.364. The highest BCUT2D eigenvalue weighted by atomic mass is 32.2. The van der Waals surface area contributed by atoms with Gasteiger partial charge in [0.05, 0.1) is 7.11 Å². The highest BCUT2D eigenvalue weighted by molar-refractivity contribution is 7.89. The van der Waals surface area contributed by atoms with E-state index in [-0.39, 0.29) is 19.0 Å². The molecule has 0 aliphatic carbocycles. The SMILES string of the molecule is COc1ccccc1[N+]1(S(=O)(=O)NC(C)=O)CCN(CCC(=O)Nc2ccccc2)CC1. The van der Waals surface area contributed by atoms with Crippen LogP contribution >= 0.6 is 0 Å². The van der Waals surface area contributed by atoms with Crippen molar-refractivity contribution in [3.05, 3.63) is 54.6 Å². The third-order valence-electron chi connectivity index (χ3n) is 5.52. The van der Waals surface area contributed by atoms with Crippen LogP contribution < -0.4 is 18.7 Å². The summed E-state index contributed by atoms with van der Waals surface area (Å²) >= 11 is 0. The van der Waals surface area contributed by atoms with Crippen molar-refractivity contribution in [3.63, 3.8) is 0 Å². The molecule has 0 atom stereocenters. The molecule has 3 rings (SSSR count). The number of carbonyl (C=O) groups is 2. The second-order valence-corrected chi connectivity index (χ2v) is 9.50. The van der Waals surface area contributed by atoms with Crippen LogP contribution in [-0.2, 0) is 19.8 Å². The molecule has 0 radical (unpaired) electrons. The Kier molecular flexibility index (Phi) is 7.49. The first-order valence-corrected chi connectivity index (χ1v) is 11.8. The quantitative estimate of drug-likeness (QED) is 0.580. The lowest BCUT2D eigenvalue weighted by molar-refractivity contribution is -0.118. The average Bonchev–Trinajstić information content (AvgIpc) is 2.78. The molecule has 0 spiro atoms. The van der Waals surface area contributed by atoms with Gasteiger partial charge in [-0.2, -0.15) is 12.3 Å². The van der Waals surface area contributed by atoms with Gasteiger partial charge in [-0.25, -0.2) is 4.72 Å². The molecule has 1 saturated heterocycles. The second kappa shape index (κ2) is 10.1. The summed E-state index contributed by atoms with van der Waals surface area (Å²) in [7, 11) is -2.59. The number of amides is 2. The third-order valence-corrected chi connectivity index (χ3v) is 7.55. The Morgan fingerprint density at radius 2 is 1.66 bits per heavy atom. The molecule has 2 aromatic carbocycles. The molecule has 1 aliphatic heterocycles. The molecule has 9 nitrogen and oxygen atoms in total. The number of hydrogen-bond donors (Lipinski definition) is 2. The lowest BCUT2D eigenvalue weighted by Crippen LogP contribution is -2.67. The van der Waals surface area contributed by atoms with Gasteiger partial charge in [-0.3, -0.25) is 14.5 Å². The van der Waals surface area contributed by atoms with Crippen molar-refractivity contribution in [1.29, 1.82) is 0 Å². The number of quaternary nitrogens is 1. The number of nitrogens with zero attached hydrogens (tertiary/aromatic N) is 2. The molecular formula is C22H29N4O5S+. The molecule has 0 bridgehead atoms. The number of nitrogens with one attached hydrogen (secondary N) is 2. The third kappa shape index (κ3) is 5.26. The maximum atomic E-state index is 13.3. The van der Waals surface area contributed by atoms with Gasteiger partial charge in [0, 0.05) is 44.7 Å². The van der Waals surface area contributed by atoms with Gasteiger partial charge in [-0.05, 0) is 18.2 Å². The van der Waals surface area contributed by atoms with Crippen LogP contribution in [0.4, 0.5) is 11.4 Å². The molecule has 2 aromatic rings. The largest absolute Gasteiger partial charge is 0.491 e. The monoisotopic (exact) mass is 461 g/mol. The van der Waals surface area contributed by atoms with E-state index in [0.717, 1.165) is 5.69 Å². The van der Waals surface area contributed by atoms with Crippen molar-refractivity contribution < 1.29 is 22.7 Å². The first-order chi connectivity index (χ1) is 15.3. The van der Waals surface area contributed by atoms with E-state index >= 15 is 0 Å². The van der Waals surface area contributed by atoms with Crippen LogP contribution in [0.2, 0.25) is 0 Å². The fourth-order valence-electron chi connectivity index (χ4n) is 3.90.